The molecule has 100 valence electrons. The number of hydrogen-bond donors (Lipinski definition) is 0. The van der Waals surface area contributed by atoms with Crippen LogP contribution in [0.1, 0.15) is 29.6 Å². The first-order chi connectivity index (χ1) is 9.16. The number of hydrogen-bond acceptors (Lipinski definition) is 3. The van der Waals surface area contributed by atoms with Gasteiger partial charge in [0.2, 0.25) is 0 Å². The van der Waals surface area contributed by atoms with E-state index < -0.39 is 17.5 Å². The van der Waals surface area contributed by atoms with Crippen LogP contribution in [-0.4, -0.2) is 36.3 Å². The van der Waals surface area contributed by atoms with Crippen LogP contribution in [-0.2, 0) is 4.79 Å². The molecule has 0 spiro atoms. The second kappa shape index (κ2) is 4.74. The van der Waals surface area contributed by atoms with Crippen LogP contribution in [0.15, 0.2) is 18.2 Å². The lowest BCUT2D eigenvalue weighted by Crippen LogP contribution is -2.43. The molecule has 1 amide bonds. The van der Waals surface area contributed by atoms with E-state index in [1.165, 1.54) is 29.5 Å². The molecule has 2 aliphatic rings. The van der Waals surface area contributed by atoms with E-state index in [9.17, 15) is 14.0 Å². The number of anilines is 1. The third kappa shape index (κ3) is 2.14. The molecule has 1 saturated heterocycles. The standard InChI is InChI=1S/C14H15FN2O2/c15-10-4-5-11-12(8-10)17(14(19)13(11)18)9-16-6-2-1-3-7-16/h4-5,8H,1-3,6-7,9H2. The highest BCUT2D eigenvalue weighted by molar-refractivity contribution is 6.52. The van der Waals surface area contributed by atoms with E-state index in [4.69, 9.17) is 0 Å². The van der Waals surface area contributed by atoms with Gasteiger partial charge in [-0.2, -0.15) is 0 Å². The Morgan fingerprint density at radius 1 is 1.11 bits per heavy atom. The highest BCUT2D eigenvalue weighted by atomic mass is 19.1. The van der Waals surface area contributed by atoms with Crippen molar-refractivity contribution in [1.82, 2.24) is 4.90 Å². The smallest absolute Gasteiger partial charge is 0.291 e. The Hall–Kier alpha value is -1.75. The highest BCUT2D eigenvalue weighted by Gasteiger charge is 2.36. The average Bonchev–Trinajstić information content (AvgIpc) is 2.65. The second-order valence-electron chi connectivity index (χ2n) is 5.04. The molecule has 3 rings (SSSR count). The van der Waals surface area contributed by atoms with Crippen LogP contribution in [0.4, 0.5) is 10.1 Å². The first-order valence-electron chi connectivity index (χ1n) is 6.55. The third-order valence-corrected chi connectivity index (χ3v) is 3.72. The molecule has 4 nitrogen and oxygen atoms in total. The number of halogens is 1. The number of rotatable bonds is 2. The molecule has 1 aromatic carbocycles. The SMILES string of the molecule is O=C1C(=O)N(CN2CCCCC2)c2cc(F)ccc21. The molecule has 1 aromatic rings. The molecule has 1 fully saturated rings. The maximum absolute atomic E-state index is 13.3. The van der Waals surface area contributed by atoms with Gasteiger partial charge >= 0.3 is 5.91 Å². The van der Waals surface area contributed by atoms with Crippen LogP contribution in [0.5, 0.6) is 0 Å². The van der Waals surface area contributed by atoms with Gasteiger partial charge < -0.3 is 0 Å². The topological polar surface area (TPSA) is 40.6 Å². The molecule has 0 radical (unpaired) electrons. The first-order valence-corrected chi connectivity index (χ1v) is 6.55. The number of ketones is 1. The normalized spacial score (nSPS) is 19.9. The molecule has 0 saturated carbocycles. The van der Waals surface area contributed by atoms with Gasteiger partial charge in [0.1, 0.15) is 5.82 Å². The van der Waals surface area contributed by atoms with Gasteiger partial charge in [-0.15, -0.1) is 0 Å². The van der Waals surface area contributed by atoms with E-state index in [1.807, 2.05) is 0 Å². The maximum atomic E-state index is 13.3. The Morgan fingerprint density at radius 2 is 1.84 bits per heavy atom. The fourth-order valence-corrected chi connectivity index (χ4v) is 2.71. The molecular weight excluding hydrogens is 247 g/mol. The zero-order chi connectivity index (χ0) is 13.4. The van der Waals surface area contributed by atoms with Crippen molar-refractivity contribution in [2.24, 2.45) is 0 Å². The van der Waals surface area contributed by atoms with Crippen molar-refractivity contribution in [2.45, 2.75) is 19.3 Å². The summed E-state index contributed by atoms with van der Waals surface area (Å²) in [4.78, 5) is 27.3. The lowest BCUT2D eigenvalue weighted by molar-refractivity contribution is -0.114. The van der Waals surface area contributed by atoms with Crippen molar-refractivity contribution in [1.29, 1.82) is 0 Å². The van der Waals surface area contributed by atoms with Gasteiger partial charge in [0.25, 0.3) is 5.78 Å². The van der Waals surface area contributed by atoms with E-state index in [0.29, 0.717) is 17.9 Å². The minimum atomic E-state index is -0.550. The number of benzene rings is 1. The van der Waals surface area contributed by atoms with E-state index in [-0.39, 0.29) is 0 Å². The fourth-order valence-electron chi connectivity index (χ4n) is 2.71. The summed E-state index contributed by atoms with van der Waals surface area (Å²) in [5.41, 5.74) is 0.712. The van der Waals surface area contributed by atoms with Crippen LogP contribution in [0.3, 0.4) is 0 Å². The van der Waals surface area contributed by atoms with Gasteiger partial charge in [-0.3, -0.25) is 19.4 Å². The van der Waals surface area contributed by atoms with Gasteiger partial charge in [0.05, 0.1) is 17.9 Å². The van der Waals surface area contributed by atoms with Crippen molar-refractivity contribution in [3.05, 3.63) is 29.6 Å². The lowest BCUT2D eigenvalue weighted by Gasteiger charge is -2.30. The molecule has 2 aliphatic heterocycles. The maximum Gasteiger partial charge on any atom is 0.300 e. The lowest BCUT2D eigenvalue weighted by atomic mass is 10.1. The summed E-state index contributed by atoms with van der Waals surface area (Å²) in [6, 6.07) is 3.87. The summed E-state index contributed by atoms with van der Waals surface area (Å²) in [5.74, 6) is -1.51. The van der Waals surface area contributed by atoms with Crippen molar-refractivity contribution in [2.75, 3.05) is 24.7 Å². The number of nitrogens with zero attached hydrogens (tertiary/aromatic N) is 2. The molecule has 0 aromatic heterocycles. The fraction of sp³-hybridized carbons (Fsp3) is 0.429. The molecule has 0 aliphatic carbocycles. The van der Waals surface area contributed by atoms with Gasteiger partial charge in [-0.05, 0) is 44.1 Å². The summed E-state index contributed by atoms with van der Waals surface area (Å²) in [6.07, 6.45) is 3.41. The molecule has 5 heteroatoms. The monoisotopic (exact) mass is 262 g/mol. The summed E-state index contributed by atoms with van der Waals surface area (Å²) in [5, 5.41) is 0. The van der Waals surface area contributed by atoms with Crippen molar-refractivity contribution in [3.8, 4) is 0 Å². The number of fused-ring (bicyclic) bond motifs is 1. The van der Waals surface area contributed by atoms with Crippen molar-refractivity contribution in [3.63, 3.8) is 0 Å². The quantitative estimate of drug-likeness (QED) is 0.763. The van der Waals surface area contributed by atoms with Crippen LogP contribution in [0.2, 0.25) is 0 Å². The van der Waals surface area contributed by atoms with E-state index >= 15 is 0 Å². The number of likely N-dealkylation sites (tertiary alicyclic amines) is 1. The van der Waals surface area contributed by atoms with Crippen molar-refractivity contribution < 1.29 is 14.0 Å². The van der Waals surface area contributed by atoms with Crippen LogP contribution in [0, 0.1) is 5.82 Å². The average molecular weight is 262 g/mol. The van der Waals surface area contributed by atoms with E-state index in [1.54, 1.807) is 0 Å². The Labute approximate surface area is 110 Å². The van der Waals surface area contributed by atoms with Crippen LogP contribution >= 0.6 is 0 Å². The minimum absolute atomic E-state index is 0.309. The number of Topliss-reactive ketones (excluding diaryl/α,β-unsaturated/α-hetero) is 1. The van der Waals surface area contributed by atoms with Gasteiger partial charge in [0.15, 0.2) is 0 Å². The van der Waals surface area contributed by atoms with Crippen molar-refractivity contribution >= 4 is 17.4 Å². The Kier molecular flexibility index (Phi) is 3.06. The number of carbonyl (C=O) groups excluding carboxylic acids is 2. The third-order valence-electron chi connectivity index (χ3n) is 3.72. The molecule has 0 unspecified atom stereocenters. The molecular formula is C14H15FN2O2. The Balaban J connectivity index is 1.87. The molecule has 0 atom stereocenters. The number of piperidine rings is 1. The van der Waals surface area contributed by atoms with E-state index in [0.717, 1.165) is 25.9 Å². The molecule has 19 heavy (non-hydrogen) atoms. The number of amides is 1. The highest BCUT2D eigenvalue weighted by Crippen LogP contribution is 2.30. The second-order valence-corrected chi connectivity index (χ2v) is 5.04. The van der Waals surface area contributed by atoms with Gasteiger partial charge in [0, 0.05) is 0 Å². The van der Waals surface area contributed by atoms with Gasteiger partial charge in [-0.1, -0.05) is 6.42 Å². The molecule has 0 N–H and O–H groups in total. The first kappa shape index (κ1) is 12.3. The number of carbonyl (C=O) groups is 2. The predicted octanol–water partition coefficient (Wildman–Crippen LogP) is 1.80. The summed E-state index contributed by atoms with van der Waals surface area (Å²) in [6.45, 7) is 2.21. The zero-order valence-corrected chi connectivity index (χ0v) is 10.6. The van der Waals surface area contributed by atoms with E-state index in [2.05, 4.69) is 4.90 Å². The Bertz CT molecular complexity index is 538. The Morgan fingerprint density at radius 3 is 2.58 bits per heavy atom. The zero-order valence-electron chi connectivity index (χ0n) is 10.6. The minimum Gasteiger partial charge on any atom is -0.291 e. The summed E-state index contributed by atoms with van der Waals surface area (Å²) >= 11 is 0. The largest absolute Gasteiger partial charge is 0.300 e. The molecule has 2 heterocycles. The van der Waals surface area contributed by atoms with Gasteiger partial charge in [-0.25, -0.2) is 4.39 Å². The van der Waals surface area contributed by atoms with Crippen LogP contribution in [0.25, 0.3) is 0 Å². The van der Waals surface area contributed by atoms with Crippen LogP contribution < -0.4 is 4.90 Å². The summed E-state index contributed by atoms with van der Waals surface area (Å²) in [7, 11) is 0. The summed E-state index contributed by atoms with van der Waals surface area (Å²) < 4.78 is 13.3. The molecule has 0 bridgehead atoms. The predicted molar refractivity (Wildman–Crippen MR) is 68.5 cm³/mol.